The van der Waals surface area contributed by atoms with Crippen molar-refractivity contribution in [3.63, 3.8) is 0 Å². The summed E-state index contributed by atoms with van der Waals surface area (Å²) in [5.74, 6) is 0.802. The number of nitro benzene ring substituents is 1. The Labute approximate surface area is 126 Å². The molecule has 3 aromatic carbocycles. The van der Waals surface area contributed by atoms with Gasteiger partial charge in [0.2, 0.25) is 0 Å². The van der Waals surface area contributed by atoms with Gasteiger partial charge in [-0.15, -0.1) is 11.8 Å². The minimum absolute atomic E-state index is 0.134. The summed E-state index contributed by atoms with van der Waals surface area (Å²) < 4.78 is 0. The fourth-order valence-corrected chi connectivity index (χ4v) is 3.04. The quantitative estimate of drug-likeness (QED) is 0.385. The van der Waals surface area contributed by atoms with Crippen molar-refractivity contribution in [1.82, 2.24) is 0 Å². The van der Waals surface area contributed by atoms with Gasteiger partial charge in [-0.2, -0.15) is 0 Å². The molecule has 0 saturated carbocycles. The lowest BCUT2D eigenvalue weighted by Gasteiger charge is -2.04. The molecule has 0 fully saturated rings. The van der Waals surface area contributed by atoms with Gasteiger partial charge in [-0.1, -0.05) is 42.5 Å². The molecule has 3 rings (SSSR count). The van der Waals surface area contributed by atoms with E-state index in [1.807, 2.05) is 24.3 Å². The fraction of sp³-hybridized carbons (Fsp3) is 0.0588. The molecule has 104 valence electrons. The minimum Gasteiger partial charge on any atom is -0.258 e. The van der Waals surface area contributed by atoms with Gasteiger partial charge >= 0.3 is 0 Å². The highest BCUT2D eigenvalue weighted by Crippen LogP contribution is 2.27. The van der Waals surface area contributed by atoms with Crippen LogP contribution in [0.15, 0.2) is 71.6 Å². The molecule has 0 unspecified atom stereocenters. The van der Waals surface area contributed by atoms with Crippen molar-refractivity contribution >= 4 is 28.2 Å². The Morgan fingerprint density at radius 1 is 0.905 bits per heavy atom. The maximum absolute atomic E-state index is 10.6. The fourth-order valence-electron chi connectivity index (χ4n) is 2.14. The number of fused-ring (bicyclic) bond motifs is 1. The highest BCUT2D eigenvalue weighted by Gasteiger charge is 2.04. The molecule has 3 nitrogen and oxygen atoms in total. The molecule has 0 heterocycles. The van der Waals surface area contributed by atoms with Crippen molar-refractivity contribution in [2.24, 2.45) is 0 Å². The third-order valence-corrected chi connectivity index (χ3v) is 4.34. The lowest BCUT2D eigenvalue weighted by molar-refractivity contribution is -0.384. The third-order valence-electron chi connectivity index (χ3n) is 3.27. The predicted molar refractivity (Wildman–Crippen MR) is 86.6 cm³/mol. The van der Waals surface area contributed by atoms with Gasteiger partial charge < -0.3 is 0 Å². The van der Waals surface area contributed by atoms with E-state index >= 15 is 0 Å². The number of hydrogen-bond donors (Lipinski definition) is 0. The molecular formula is C17H13NO2S. The first-order chi connectivity index (χ1) is 10.2. The molecule has 0 bridgehead atoms. The summed E-state index contributed by atoms with van der Waals surface area (Å²) in [6.07, 6.45) is 0. The van der Waals surface area contributed by atoms with Gasteiger partial charge in [0.1, 0.15) is 0 Å². The van der Waals surface area contributed by atoms with E-state index < -0.39 is 0 Å². The molecule has 0 aliphatic carbocycles. The van der Waals surface area contributed by atoms with Crippen LogP contribution in [0.3, 0.4) is 0 Å². The molecule has 0 aliphatic rings. The second kappa shape index (κ2) is 5.97. The second-order valence-electron chi connectivity index (χ2n) is 4.72. The molecule has 0 atom stereocenters. The van der Waals surface area contributed by atoms with E-state index in [0.29, 0.717) is 0 Å². The van der Waals surface area contributed by atoms with Crippen LogP contribution in [-0.2, 0) is 5.75 Å². The summed E-state index contributed by atoms with van der Waals surface area (Å²) in [7, 11) is 0. The molecule has 0 radical (unpaired) electrons. The van der Waals surface area contributed by atoms with Gasteiger partial charge in [0.05, 0.1) is 4.92 Å². The van der Waals surface area contributed by atoms with Crippen LogP contribution in [0.5, 0.6) is 0 Å². The summed E-state index contributed by atoms with van der Waals surface area (Å²) in [4.78, 5) is 11.4. The molecular weight excluding hydrogens is 282 g/mol. The zero-order valence-corrected chi connectivity index (χ0v) is 12.0. The van der Waals surface area contributed by atoms with Crippen LogP contribution >= 0.6 is 11.8 Å². The predicted octanol–water partition coefficient (Wildman–Crippen LogP) is 5.04. The van der Waals surface area contributed by atoms with Crippen LogP contribution in [0.25, 0.3) is 10.8 Å². The Morgan fingerprint density at radius 2 is 1.62 bits per heavy atom. The van der Waals surface area contributed by atoms with Crippen LogP contribution in [-0.4, -0.2) is 4.92 Å². The van der Waals surface area contributed by atoms with Crippen molar-refractivity contribution in [3.05, 3.63) is 82.4 Å². The minimum atomic E-state index is -0.375. The van der Waals surface area contributed by atoms with Gasteiger partial charge in [-0.25, -0.2) is 0 Å². The molecule has 0 spiro atoms. The van der Waals surface area contributed by atoms with Crippen LogP contribution in [0.2, 0.25) is 0 Å². The maximum Gasteiger partial charge on any atom is 0.269 e. The Morgan fingerprint density at radius 3 is 2.33 bits per heavy atom. The van der Waals surface area contributed by atoms with Gasteiger partial charge in [0.25, 0.3) is 5.69 Å². The van der Waals surface area contributed by atoms with Crippen molar-refractivity contribution in [1.29, 1.82) is 0 Å². The van der Waals surface area contributed by atoms with Gasteiger partial charge in [-0.05, 0) is 28.5 Å². The Bertz CT molecular complexity index is 784. The molecule has 21 heavy (non-hydrogen) atoms. The van der Waals surface area contributed by atoms with Crippen molar-refractivity contribution in [2.75, 3.05) is 0 Å². The molecule has 3 aromatic rings. The van der Waals surface area contributed by atoms with E-state index in [0.717, 1.165) is 11.3 Å². The van der Waals surface area contributed by atoms with Gasteiger partial charge in [-0.3, -0.25) is 10.1 Å². The largest absolute Gasteiger partial charge is 0.269 e. The van der Waals surface area contributed by atoms with E-state index in [-0.39, 0.29) is 10.6 Å². The lowest BCUT2D eigenvalue weighted by Crippen LogP contribution is -1.88. The first-order valence-electron chi connectivity index (χ1n) is 6.57. The topological polar surface area (TPSA) is 43.1 Å². The number of nitro groups is 1. The summed E-state index contributed by atoms with van der Waals surface area (Å²) in [5.41, 5.74) is 1.22. The maximum atomic E-state index is 10.6. The van der Waals surface area contributed by atoms with E-state index in [1.165, 1.54) is 15.7 Å². The number of nitrogens with zero attached hydrogens (tertiary/aromatic N) is 1. The number of hydrogen-bond acceptors (Lipinski definition) is 3. The molecule has 0 N–H and O–H groups in total. The Hall–Kier alpha value is -2.33. The van der Waals surface area contributed by atoms with E-state index in [9.17, 15) is 10.1 Å². The van der Waals surface area contributed by atoms with Crippen LogP contribution in [0.1, 0.15) is 5.56 Å². The summed E-state index contributed by atoms with van der Waals surface area (Å²) >= 11 is 1.73. The Balaban J connectivity index is 1.72. The van der Waals surface area contributed by atoms with Crippen LogP contribution in [0.4, 0.5) is 5.69 Å². The van der Waals surface area contributed by atoms with E-state index in [1.54, 1.807) is 23.9 Å². The third kappa shape index (κ3) is 3.23. The van der Waals surface area contributed by atoms with Crippen LogP contribution < -0.4 is 0 Å². The second-order valence-corrected chi connectivity index (χ2v) is 5.77. The van der Waals surface area contributed by atoms with Crippen molar-refractivity contribution < 1.29 is 4.92 Å². The SMILES string of the molecule is O=[N+]([O-])c1ccc(CSc2ccc3ccccc3c2)cc1. The van der Waals surface area contributed by atoms with Crippen LogP contribution in [0, 0.1) is 10.1 Å². The standard InChI is InChI=1S/C17H13NO2S/c19-18(20)16-8-5-13(6-9-16)12-21-17-10-7-14-3-1-2-4-15(14)11-17/h1-11H,12H2. The number of thioether (sulfide) groups is 1. The average Bonchev–Trinajstić information content (AvgIpc) is 2.53. The number of rotatable bonds is 4. The average molecular weight is 295 g/mol. The Kier molecular flexibility index (Phi) is 3.88. The summed E-state index contributed by atoms with van der Waals surface area (Å²) in [5, 5.41) is 13.1. The zero-order valence-electron chi connectivity index (χ0n) is 11.2. The van der Waals surface area contributed by atoms with Crippen molar-refractivity contribution in [3.8, 4) is 0 Å². The highest BCUT2D eigenvalue weighted by molar-refractivity contribution is 7.98. The molecule has 0 aromatic heterocycles. The molecule has 4 heteroatoms. The van der Waals surface area contributed by atoms with E-state index in [2.05, 4.69) is 30.3 Å². The van der Waals surface area contributed by atoms with Crippen molar-refractivity contribution in [2.45, 2.75) is 10.6 Å². The molecule has 0 amide bonds. The van der Waals surface area contributed by atoms with E-state index in [4.69, 9.17) is 0 Å². The molecule has 0 aliphatic heterocycles. The highest BCUT2D eigenvalue weighted by atomic mass is 32.2. The monoisotopic (exact) mass is 295 g/mol. The van der Waals surface area contributed by atoms with Gasteiger partial charge in [0, 0.05) is 22.8 Å². The number of non-ortho nitro benzene ring substituents is 1. The van der Waals surface area contributed by atoms with Gasteiger partial charge in [0.15, 0.2) is 0 Å². The normalized spacial score (nSPS) is 10.7. The smallest absolute Gasteiger partial charge is 0.258 e. The first kappa shape index (κ1) is 13.6. The first-order valence-corrected chi connectivity index (χ1v) is 7.56. The summed E-state index contributed by atoms with van der Waals surface area (Å²) in [6, 6.07) is 21.4. The summed E-state index contributed by atoms with van der Waals surface area (Å²) in [6.45, 7) is 0. The molecule has 0 saturated heterocycles. The number of benzene rings is 3. The zero-order chi connectivity index (χ0) is 14.7. The lowest BCUT2D eigenvalue weighted by atomic mass is 10.1.